The van der Waals surface area contributed by atoms with Crippen LogP contribution in [0.3, 0.4) is 0 Å². The third kappa shape index (κ3) is 5.64. The summed E-state index contributed by atoms with van der Waals surface area (Å²) in [6, 6.07) is 17.3. The zero-order valence-corrected chi connectivity index (χ0v) is 27.8. The topological polar surface area (TPSA) is 90.4 Å². The van der Waals surface area contributed by atoms with E-state index >= 15 is 4.79 Å². The standard InChI is InChI=1S/C37H44BrN3O5/c1-3-20-39(23-25-14-8-5-9-15-25)34(43)30-31-35(44)41(29(24-42)26-16-10-6-11-17-26)33(37(31)22-28(38)32(30)46-37)36(45)40(21-4-2)27-18-12-7-13-19-27/h3-6,8-11,14-17,27-33,42H,1-2,7,12-13,18-24H2/t28?,29-,30+,31+,32+,33?,37?/m1/s1. The van der Waals surface area contributed by atoms with Gasteiger partial charge in [0.25, 0.3) is 0 Å². The summed E-state index contributed by atoms with van der Waals surface area (Å²) >= 11 is 3.81. The Morgan fingerprint density at radius 1 is 1.00 bits per heavy atom. The van der Waals surface area contributed by atoms with Gasteiger partial charge in [0.05, 0.1) is 30.6 Å². The minimum Gasteiger partial charge on any atom is -0.394 e. The molecule has 6 rings (SSSR count). The van der Waals surface area contributed by atoms with Crippen molar-refractivity contribution in [2.24, 2.45) is 11.8 Å². The van der Waals surface area contributed by atoms with Crippen molar-refractivity contribution in [2.45, 2.75) is 79.7 Å². The molecule has 244 valence electrons. The molecule has 3 aliphatic heterocycles. The van der Waals surface area contributed by atoms with Gasteiger partial charge in [-0.25, -0.2) is 0 Å². The SMILES string of the molecule is C=CCN(Cc1ccccc1)C(=O)[C@H]1[C@H]2C(=O)N([C@H](CO)c3ccccc3)C(C(=O)N(CC=C)C3CCCCC3)C23CC(Br)[C@@H]1O3. The molecule has 0 radical (unpaired) electrons. The normalized spacial score (nSPS) is 29.3. The number of carbonyl (C=O) groups is 3. The van der Waals surface area contributed by atoms with Crippen LogP contribution in [-0.2, 0) is 25.7 Å². The molecule has 3 heterocycles. The van der Waals surface area contributed by atoms with Gasteiger partial charge in [0, 0.05) is 30.5 Å². The lowest BCUT2D eigenvalue weighted by atomic mass is 9.70. The summed E-state index contributed by atoms with van der Waals surface area (Å²) < 4.78 is 6.85. The van der Waals surface area contributed by atoms with Crippen LogP contribution in [0.1, 0.15) is 55.7 Å². The van der Waals surface area contributed by atoms with E-state index in [-0.39, 0.29) is 35.2 Å². The number of fused-ring (bicyclic) bond motifs is 1. The number of hydrogen-bond donors (Lipinski definition) is 1. The molecule has 2 aromatic carbocycles. The average molecular weight is 691 g/mol. The lowest BCUT2D eigenvalue weighted by Gasteiger charge is -2.42. The number of ether oxygens (including phenoxy) is 1. The number of halogens is 1. The summed E-state index contributed by atoms with van der Waals surface area (Å²) in [5.74, 6) is -2.38. The van der Waals surface area contributed by atoms with E-state index < -0.39 is 35.6 Å². The average Bonchev–Trinajstić information content (AvgIpc) is 3.68. The molecule has 9 heteroatoms. The maximum Gasteiger partial charge on any atom is 0.248 e. The zero-order chi connectivity index (χ0) is 32.4. The smallest absolute Gasteiger partial charge is 0.248 e. The summed E-state index contributed by atoms with van der Waals surface area (Å²) in [5.41, 5.74) is 0.470. The Labute approximate surface area is 280 Å². The number of carbonyl (C=O) groups excluding carboxylic acids is 3. The fraction of sp³-hybridized carbons (Fsp3) is 0.486. The third-order valence-corrected chi connectivity index (χ3v) is 11.3. The molecule has 1 aliphatic carbocycles. The van der Waals surface area contributed by atoms with Crippen LogP contribution in [-0.4, -0.2) is 85.8 Å². The number of hydrogen-bond acceptors (Lipinski definition) is 5. The van der Waals surface area contributed by atoms with Gasteiger partial charge in [-0.1, -0.05) is 108 Å². The van der Waals surface area contributed by atoms with Crippen LogP contribution in [0.2, 0.25) is 0 Å². The lowest BCUT2D eigenvalue weighted by Crippen LogP contribution is -2.59. The molecule has 3 amide bonds. The predicted molar refractivity (Wildman–Crippen MR) is 180 cm³/mol. The van der Waals surface area contributed by atoms with Crippen molar-refractivity contribution in [3.8, 4) is 0 Å². The van der Waals surface area contributed by atoms with E-state index in [1.54, 1.807) is 22.0 Å². The minimum absolute atomic E-state index is 0.0284. The monoisotopic (exact) mass is 689 g/mol. The second kappa shape index (κ2) is 13.8. The highest BCUT2D eigenvalue weighted by Crippen LogP contribution is 2.61. The van der Waals surface area contributed by atoms with Crippen molar-refractivity contribution in [1.29, 1.82) is 0 Å². The predicted octanol–water partition coefficient (Wildman–Crippen LogP) is 5.03. The van der Waals surface area contributed by atoms with E-state index in [2.05, 4.69) is 29.1 Å². The molecule has 1 spiro atoms. The Kier molecular flexibility index (Phi) is 9.83. The fourth-order valence-electron chi connectivity index (χ4n) is 8.50. The molecule has 3 unspecified atom stereocenters. The Morgan fingerprint density at radius 2 is 1.65 bits per heavy atom. The lowest BCUT2D eigenvalue weighted by molar-refractivity contribution is -0.153. The van der Waals surface area contributed by atoms with Crippen molar-refractivity contribution in [3.05, 3.63) is 97.1 Å². The number of aliphatic hydroxyl groups is 1. The van der Waals surface area contributed by atoms with Crippen molar-refractivity contribution < 1.29 is 24.2 Å². The third-order valence-electron chi connectivity index (χ3n) is 10.4. The van der Waals surface area contributed by atoms with Crippen molar-refractivity contribution >= 4 is 33.7 Å². The summed E-state index contributed by atoms with van der Waals surface area (Å²) in [4.78, 5) is 49.5. The quantitative estimate of drug-likeness (QED) is 0.250. The van der Waals surface area contributed by atoms with Crippen molar-refractivity contribution in [1.82, 2.24) is 14.7 Å². The maximum atomic E-state index is 15.0. The van der Waals surface area contributed by atoms with E-state index in [9.17, 15) is 14.7 Å². The van der Waals surface area contributed by atoms with Gasteiger partial charge in [-0.15, -0.1) is 13.2 Å². The molecule has 2 bridgehead atoms. The van der Waals surface area contributed by atoms with E-state index in [0.29, 0.717) is 26.1 Å². The Balaban J connectivity index is 1.44. The van der Waals surface area contributed by atoms with Crippen molar-refractivity contribution in [3.63, 3.8) is 0 Å². The molecule has 1 N–H and O–H groups in total. The maximum absolute atomic E-state index is 15.0. The molecule has 2 aromatic rings. The number of nitrogens with zero attached hydrogens (tertiary/aromatic N) is 3. The van der Waals surface area contributed by atoms with Crippen LogP contribution < -0.4 is 0 Å². The molecule has 46 heavy (non-hydrogen) atoms. The van der Waals surface area contributed by atoms with Gasteiger partial charge in [-0.2, -0.15) is 0 Å². The highest BCUT2D eigenvalue weighted by atomic mass is 79.9. The summed E-state index contributed by atoms with van der Waals surface area (Å²) in [6.45, 7) is 8.50. The highest BCUT2D eigenvalue weighted by molar-refractivity contribution is 9.09. The largest absolute Gasteiger partial charge is 0.394 e. The number of benzene rings is 2. The van der Waals surface area contributed by atoms with E-state index in [4.69, 9.17) is 4.74 Å². The van der Waals surface area contributed by atoms with E-state index in [1.165, 1.54) is 0 Å². The first-order chi connectivity index (χ1) is 22.4. The first-order valence-electron chi connectivity index (χ1n) is 16.5. The van der Waals surface area contributed by atoms with Gasteiger partial charge >= 0.3 is 0 Å². The summed E-state index contributed by atoms with van der Waals surface area (Å²) in [5, 5.41) is 10.9. The molecule has 4 fully saturated rings. The fourth-order valence-corrected chi connectivity index (χ4v) is 9.45. The summed E-state index contributed by atoms with van der Waals surface area (Å²) in [6.07, 6.45) is 8.26. The van der Waals surface area contributed by atoms with Gasteiger partial charge in [-0.3, -0.25) is 14.4 Å². The van der Waals surface area contributed by atoms with E-state index in [1.807, 2.05) is 65.6 Å². The van der Waals surface area contributed by atoms with E-state index in [0.717, 1.165) is 43.2 Å². The first-order valence-corrected chi connectivity index (χ1v) is 17.4. The first kappa shape index (κ1) is 32.7. The number of rotatable bonds is 12. The van der Waals surface area contributed by atoms with Crippen LogP contribution in [0.15, 0.2) is 86.0 Å². The molecule has 7 atom stereocenters. The van der Waals surface area contributed by atoms with Crippen LogP contribution >= 0.6 is 15.9 Å². The molecule has 8 nitrogen and oxygen atoms in total. The minimum atomic E-state index is -1.23. The van der Waals surface area contributed by atoms with Gasteiger partial charge in [0.1, 0.15) is 11.6 Å². The van der Waals surface area contributed by atoms with Crippen LogP contribution in [0, 0.1) is 11.8 Å². The van der Waals surface area contributed by atoms with Gasteiger partial charge in [-0.05, 0) is 30.4 Å². The van der Waals surface area contributed by atoms with Gasteiger partial charge < -0.3 is 24.5 Å². The van der Waals surface area contributed by atoms with Gasteiger partial charge in [0.2, 0.25) is 17.7 Å². The second-order valence-corrected chi connectivity index (χ2v) is 14.3. The van der Waals surface area contributed by atoms with Crippen LogP contribution in [0.5, 0.6) is 0 Å². The Morgan fingerprint density at radius 3 is 2.28 bits per heavy atom. The number of alkyl halides is 1. The Hall–Kier alpha value is -3.27. The molecule has 3 saturated heterocycles. The van der Waals surface area contributed by atoms with Crippen molar-refractivity contribution in [2.75, 3.05) is 19.7 Å². The zero-order valence-electron chi connectivity index (χ0n) is 26.3. The summed E-state index contributed by atoms with van der Waals surface area (Å²) in [7, 11) is 0. The van der Waals surface area contributed by atoms with Crippen LogP contribution in [0.25, 0.3) is 0 Å². The number of aliphatic hydroxyl groups excluding tert-OH is 1. The molecule has 1 saturated carbocycles. The molecule has 0 aromatic heterocycles. The number of amides is 3. The van der Waals surface area contributed by atoms with Gasteiger partial charge in [0.15, 0.2) is 0 Å². The highest BCUT2D eigenvalue weighted by Gasteiger charge is 2.77. The number of likely N-dealkylation sites (tertiary alicyclic amines) is 1. The Bertz CT molecular complexity index is 1430. The molecular weight excluding hydrogens is 646 g/mol. The van der Waals surface area contributed by atoms with Crippen LogP contribution in [0.4, 0.5) is 0 Å². The molecule has 4 aliphatic rings. The second-order valence-electron chi connectivity index (χ2n) is 13.1. The molecular formula is C37H44BrN3O5.